The Balaban J connectivity index is 1.38. The summed E-state index contributed by atoms with van der Waals surface area (Å²) in [4.78, 5) is 20.8. The lowest BCUT2D eigenvalue weighted by Crippen LogP contribution is -2.27. The van der Waals surface area contributed by atoms with Gasteiger partial charge in [-0.05, 0) is 48.9 Å². The zero-order valence-electron chi connectivity index (χ0n) is 16.8. The first-order valence-corrected chi connectivity index (χ1v) is 9.36. The van der Waals surface area contributed by atoms with E-state index >= 15 is 0 Å². The molecule has 9 nitrogen and oxygen atoms in total. The summed E-state index contributed by atoms with van der Waals surface area (Å²) in [7, 11) is 1.63. The molecular weight excluding hydrogens is 386 g/mol. The average Bonchev–Trinajstić information content (AvgIpc) is 3.41. The van der Waals surface area contributed by atoms with E-state index in [2.05, 4.69) is 25.5 Å². The van der Waals surface area contributed by atoms with Gasteiger partial charge in [-0.3, -0.25) is 9.89 Å². The molecule has 0 unspecified atom stereocenters. The number of hydrogen-bond acceptors (Lipinski definition) is 7. The first-order valence-electron chi connectivity index (χ1n) is 9.36. The Bertz CT molecular complexity index is 1180. The predicted molar refractivity (Wildman–Crippen MR) is 108 cm³/mol. The molecular formula is C21H21N5O4. The number of oxazole rings is 1. The van der Waals surface area contributed by atoms with Gasteiger partial charge in [0.15, 0.2) is 18.1 Å². The number of H-pyrrole nitrogens is 1. The van der Waals surface area contributed by atoms with Crippen LogP contribution in [0.4, 0.5) is 0 Å². The molecule has 0 aliphatic heterocycles. The van der Waals surface area contributed by atoms with E-state index in [0.717, 1.165) is 16.5 Å². The van der Waals surface area contributed by atoms with Gasteiger partial charge < -0.3 is 19.2 Å². The number of nitrogens with one attached hydrogen (secondary N) is 2. The molecule has 9 heteroatoms. The van der Waals surface area contributed by atoms with Crippen molar-refractivity contribution in [3.8, 4) is 11.5 Å². The summed E-state index contributed by atoms with van der Waals surface area (Å²) in [6.07, 6.45) is 1.30. The third kappa shape index (κ3) is 4.24. The zero-order valence-corrected chi connectivity index (χ0v) is 16.8. The number of aromatic amines is 1. The lowest BCUT2D eigenvalue weighted by Gasteiger charge is -2.08. The lowest BCUT2D eigenvalue weighted by atomic mass is 10.1. The van der Waals surface area contributed by atoms with E-state index in [0.29, 0.717) is 23.3 Å². The lowest BCUT2D eigenvalue weighted by molar-refractivity contribution is 0.0933. The van der Waals surface area contributed by atoms with Gasteiger partial charge in [0.25, 0.3) is 5.91 Å². The number of ether oxygens (including phenoxy) is 2. The number of methoxy groups -OCH3 is 1. The fourth-order valence-corrected chi connectivity index (χ4v) is 2.93. The fraction of sp³-hybridized carbons (Fsp3) is 0.238. The molecule has 2 N–H and O–H groups in total. The summed E-state index contributed by atoms with van der Waals surface area (Å²) in [5.74, 6) is 2.54. The minimum absolute atomic E-state index is 0.0957. The van der Waals surface area contributed by atoms with Crippen LogP contribution in [0.5, 0.6) is 11.5 Å². The number of amides is 1. The molecule has 2 aromatic carbocycles. The molecule has 2 aromatic heterocycles. The molecule has 0 fully saturated rings. The summed E-state index contributed by atoms with van der Waals surface area (Å²) in [5, 5.41) is 11.6. The molecule has 4 rings (SSSR count). The third-order valence-corrected chi connectivity index (χ3v) is 4.51. The molecule has 2 heterocycles. The number of carbonyl (C=O) groups excluding carboxylic acids is 1. The largest absolute Gasteiger partial charge is 0.497 e. The van der Waals surface area contributed by atoms with Gasteiger partial charge in [0, 0.05) is 0 Å². The highest BCUT2D eigenvalue weighted by Gasteiger charge is 2.18. The maximum Gasteiger partial charge on any atom is 0.273 e. The molecule has 0 aliphatic rings. The average molecular weight is 407 g/mol. The van der Waals surface area contributed by atoms with Crippen LogP contribution >= 0.6 is 0 Å². The van der Waals surface area contributed by atoms with Crippen LogP contribution in [0.1, 0.15) is 41.0 Å². The van der Waals surface area contributed by atoms with Crippen LogP contribution in [0.3, 0.4) is 0 Å². The van der Waals surface area contributed by atoms with Gasteiger partial charge >= 0.3 is 0 Å². The monoisotopic (exact) mass is 407 g/mol. The van der Waals surface area contributed by atoms with Gasteiger partial charge in [-0.1, -0.05) is 12.1 Å². The summed E-state index contributed by atoms with van der Waals surface area (Å²) in [5.41, 5.74) is 0.163. The number of aromatic nitrogens is 4. The third-order valence-electron chi connectivity index (χ3n) is 4.51. The van der Waals surface area contributed by atoms with Crippen molar-refractivity contribution < 1.29 is 18.7 Å². The first-order chi connectivity index (χ1) is 14.5. The first kappa shape index (κ1) is 19.4. The van der Waals surface area contributed by atoms with E-state index in [1.165, 1.54) is 6.26 Å². The molecule has 0 aliphatic carbocycles. The SMILES string of the molecule is COc1ccc2ccc(OCc3nc(C(=O)N[C@@H](C)c4n[nH]c(C)n4)co3)cc2c1. The van der Waals surface area contributed by atoms with Crippen LogP contribution in [0, 0.1) is 6.92 Å². The van der Waals surface area contributed by atoms with Crippen molar-refractivity contribution in [2.24, 2.45) is 0 Å². The summed E-state index contributed by atoms with van der Waals surface area (Å²) in [6.45, 7) is 3.68. The fourth-order valence-electron chi connectivity index (χ4n) is 2.93. The van der Waals surface area contributed by atoms with Crippen LogP contribution in [0.25, 0.3) is 10.8 Å². The van der Waals surface area contributed by atoms with Crippen molar-refractivity contribution in [3.63, 3.8) is 0 Å². The van der Waals surface area contributed by atoms with Crippen LogP contribution < -0.4 is 14.8 Å². The Kier molecular flexibility index (Phi) is 5.34. The maximum absolute atomic E-state index is 12.4. The molecule has 0 saturated heterocycles. The Morgan fingerprint density at radius 1 is 1.17 bits per heavy atom. The highest BCUT2D eigenvalue weighted by atomic mass is 16.5. The predicted octanol–water partition coefficient (Wildman–Crippen LogP) is 3.33. The molecule has 154 valence electrons. The number of benzene rings is 2. The second-order valence-electron chi connectivity index (χ2n) is 6.76. The van der Waals surface area contributed by atoms with Gasteiger partial charge in [-0.15, -0.1) is 0 Å². The number of fused-ring (bicyclic) bond motifs is 1. The van der Waals surface area contributed by atoms with Crippen molar-refractivity contribution in [2.45, 2.75) is 26.5 Å². The van der Waals surface area contributed by atoms with Crippen molar-refractivity contribution in [1.82, 2.24) is 25.5 Å². The van der Waals surface area contributed by atoms with E-state index in [9.17, 15) is 4.79 Å². The topological polar surface area (TPSA) is 115 Å². The second kappa shape index (κ2) is 8.24. The number of rotatable bonds is 7. The van der Waals surface area contributed by atoms with Crippen molar-refractivity contribution in [2.75, 3.05) is 7.11 Å². The van der Waals surface area contributed by atoms with Gasteiger partial charge in [0.2, 0.25) is 5.89 Å². The molecule has 0 radical (unpaired) electrons. The van der Waals surface area contributed by atoms with Crippen LogP contribution in [0.15, 0.2) is 47.1 Å². The van der Waals surface area contributed by atoms with Gasteiger partial charge in [0.05, 0.1) is 13.2 Å². The normalized spacial score (nSPS) is 12.0. The van der Waals surface area contributed by atoms with Gasteiger partial charge in [-0.25, -0.2) is 9.97 Å². The Morgan fingerprint density at radius 2 is 1.93 bits per heavy atom. The minimum Gasteiger partial charge on any atom is -0.497 e. The molecule has 0 spiro atoms. The van der Waals surface area contributed by atoms with Crippen LogP contribution in [-0.4, -0.2) is 33.2 Å². The molecule has 4 aromatic rings. The van der Waals surface area contributed by atoms with Crippen LogP contribution in [0.2, 0.25) is 0 Å². The van der Waals surface area contributed by atoms with Crippen LogP contribution in [-0.2, 0) is 6.61 Å². The maximum atomic E-state index is 12.4. The summed E-state index contributed by atoms with van der Waals surface area (Å²) < 4.78 is 16.4. The Hall–Kier alpha value is -3.88. The van der Waals surface area contributed by atoms with E-state index in [4.69, 9.17) is 13.9 Å². The Labute approximate surface area is 172 Å². The molecule has 0 saturated carbocycles. The smallest absolute Gasteiger partial charge is 0.273 e. The summed E-state index contributed by atoms with van der Waals surface area (Å²) in [6, 6.07) is 11.2. The highest BCUT2D eigenvalue weighted by molar-refractivity contribution is 5.92. The molecule has 0 bridgehead atoms. The van der Waals surface area contributed by atoms with E-state index in [-0.39, 0.29) is 24.2 Å². The second-order valence-corrected chi connectivity index (χ2v) is 6.76. The Morgan fingerprint density at radius 3 is 2.67 bits per heavy atom. The van der Waals surface area contributed by atoms with E-state index in [1.807, 2.05) is 36.4 Å². The van der Waals surface area contributed by atoms with Gasteiger partial charge in [-0.2, -0.15) is 5.10 Å². The minimum atomic E-state index is -0.377. The van der Waals surface area contributed by atoms with Gasteiger partial charge in [0.1, 0.15) is 23.6 Å². The standard InChI is InChI=1S/C21H21N5O4/c1-12(20-23-13(2)25-26-20)22-21(27)18-10-30-19(24-18)11-29-17-7-5-14-4-6-16(28-3)8-15(14)9-17/h4-10,12H,11H2,1-3H3,(H,22,27)(H,23,25,26)/t12-/m0/s1. The quantitative estimate of drug-likeness (QED) is 0.483. The molecule has 1 amide bonds. The van der Waals surface area contributed by atoms with Crippen molar-refractivity contribution >= 4 is 16.7 Å². The van der Waals surface area contributed by atoms with Crippen molar-refractivity contribution in [1.29, 1.82) is 0 Å². The highest BCUT2D eigenvalue weighted by Crippen LogP contribution is 2.25. The van der Waals surface area contributed by atoms with Crippen molar-refractivity contribution in [3.05, 3.63) is 65.9 Å². The summed E-state index contributed by atoms with van der Waals surface area (Å²) >= 11 is 0. The number of aryl methyl sites for hydroxylation is 1. The van der Waals surface area contributed by atoms with E-state index in [1.54, 1.807) is 21.0 Å². The zero-order chi connectivity index (χ0) is 21.1. The molecule has 1 atom stereocenters. The number of hydrogen-bond donors (Lipinski definition) is 2. The number of carbonyl (C=O) groups is 1. The van der Waals surface area contributed by atoms with E-state index < -0.39 is 0 Å². The molecule has 30 heavy (non-hydrogen) atoms. The number of nitrogens with zero attached hydrogens (tertiary/aromatic N) is 3.